The Balaban J connectivity index is 2.76. The zero-order valence-electron chi connectivity index (χ0n) is 10.2. The summed E-state index contributed by atoms with van der Waals surface area (Å²) in [6, 6.07) is 5.78. The van der Waals surface area contributed by atoms with E-state index in [1.807, 2.05) is 39.0 Å². The van der Waals surface area contributed by atoms with Crippen molar-refractivity contribution in [2.75, 3.05) is 23.8 Å². The number of nitrogens with zero attached hydrogens (tertiary/aromatic N) is 1. The summed E-state index contributed by atoms with van der Waals surface area (Å²) in [5, 5.41) is 15.7. The lowest BCUT2D eigenvalue weighted by atomic mass is 10.0. The van der Waals surface area contributed by atoms with Gasteiger partial charge in [-0.1, -0.05) is 13.0 Å². The Kier molecular flexibility index (Phi) is 4.55. The van der Waals surface area contributed by atoms with E-state index in [2.05, 4.69) is 15.6 Å². The molecule has 0 aliphatic rings. The van der Waals surface area contributed by atoms with Crippen molar-refractivity contribution in [1.82, 2.24) is 4.98 Å². The van der Waals surface area contributed by atoms with Gasteiger partial charge in [0.05, 0.1) is 12.1 Å². The highest BCUT2D eigenvalue weighted by atomic mass is 16.3. The van der Waals surface area contributed by atoms with Crippen LogP contribution in [-0.2, 0) is 0 Å². The molecule has 4 nitrogen and oxygen atoms in total. The van der Waals surface area contributed by atoms with Gasteiger partial charge in [0.25, 0.3) is 0 Å². The molecule has 90 valence electrons. The number of aliphatic hydroxyl groups is 1. The van der Waals surface area contributed by atoms with Gasteiger partial charge < -0.3 is 15.7 Å². The van der Waals surface area contributed by atoms with Crippen molar-refractivity contribution in [1.29, 1.82) is 0 Å². The van der Waals surface area contributed by atoms with Gasteiger partial charge in [-0.25, -0.2) is 4.98 Å². The molecule has 0 aliphatic heterocycles. The van der Waals surface area contributed by atoms with Gasteiger partial charge in [0.2, 0.25) is 0 Å². The SMILES string of the molecule is CCNc1cccc(NC(C)(CC)CO)n1. The Morgan fingerprint density at radius 3 is 2.56 bits per heavy atom. The molecule has 0 radical (unpaired) electrons. The summed E-state index contributed by atoms with van der Waals surface area (Å²) in [5.74, 6) is 1.64. The van der Waals surface area contributed by atoms with Crippen LogP contribution < -0.4 is 10.6 Å². The summed E-state index contributed by atoms with van der Waals surface area (Å²) in [5.41, 5.74) is -0.308. The van der Waals surface area contributed by atoms with E-state index in [1.54, 1.807) is 0 Å². The van der Waals surface area contributed by atoms with E-state index in [1.165, 1.54) is 0 Å². The largest absolute Gasteiger partial charge is 0.394 e. The van der Waals surface area contributed by atoms with E-state index in [0.717, 1.165) is 24.6 Å². The molecule has 1 atom stereocenters. The number of nitrogens with one attached hydrogen (secondary N) is 2. The van der Waals surface area contributed by atoms with Crippen LogP contribution in [0, 0.1) is 0 Å². The minimum atomic E-state index is -0.308. The second-order valence-electron chi connectivity index (χ2n) is 4.14. The zero-order chi connectivity index (χ0) is 12.0. The molecular formula is C12H21N3O. The molecule has 1 aromatic heterocycles. The highest BCUT2D eigenvalue weighted by Crippen LogP contribution is 2.17. The number of aromatic nitrogens is 1. The number of rotatable bonds is 6. The normalized spacial score (nSPS) is 14.2. The molecule has 1 unspecified atom stereocenters. The van der Waals surface area contributed by atoms with E-state index >= 15 is 0 Å². The standard InChI is InChI=1S/C12H21N3O/c1-4-12(3,9-16)15-11-8-6-7-10(14-11)13-5-2/h6-8,16H,4-5,9H2,1-3H3,(H2,13,14,15). The van der Waals surface area contributed by atoms with Crippen LogP contribution in [0.1, 0.15) is 27.2 Å². The van der Waals surface area contributed by atoms with Crippen LogP contribution in [0.4, 0.5) is 11.6 Å². The average molecular weight is 223 g/mol. The third-order valence-corrected chi connectivity index (χ3v) is 2.67. The smallest absolute Gasteiger partial charge is 0.128 e. The van der Waals surface area contributed by atoms with E-state index in [-0.39, 0.29) is 12.1 Å². The third-order valence-electron chi connectivity index (χ3n) is 2.67. The fourth-order valence-corrected chi connectivity index (χ4v) is 1.33. The molecule has 0 saturated carbocycles. The molecular weight excluding hydrogens is 202 g/mol. The van der Waals surface area contributed by atoms with Crippen LogP contribution >= 0.6 is 0 Å². The third kappa shape index (κ3) is 3.38. The van der Waals surface area contributed by atoms with Crippen LogP contribution in [0.3, 0.4) is 0 Å². The molecule has 0 saturated heterocycles. The average Bonchev–Trinajstić information content (AvgIpc) is 2.30. The van der Waals surface area contributed by atoms with Crippen LogP contribution in [0.5, 0.6) is 0 Å². The van der Waals surface area contributed by atoms with E-state index in [9.17, 15) is 5.11 Å². The van der Waals surface area contributed by atoms with Crippen molar-refractivity contribution >= 4 is 11.6 Å². The van der Waals surface area contributed by atoms with E-state index in [4.69, 9.17) is 0 Å². The van der Waals surface area contributed by atoms with Crippen molar-refractivity contribution < 1.29 is 5.11 Å². The maximum Gasteiger partial charge on any atom is 0.128 e. The molecule has 0 aromatic carbocycles. The minimum absolute atomic E-state index is 0.0939. The monoisotopic (exact) mass is 223 g/mol. The lowest BCUT2D eigenvalue weighted by molar-refractivity contribution is 0.218. The number of pyridine rings is 1. The van der Waals surface area contributed by atoms with Gasteiger partial charge in [0.1, 0.15) is 11.6 Å². The second-order valence-corrected chi connectivity index (χ2v) is 4.14. The summed E-state index contributed by atoms with van der Waals surface area (Å²) in [6.45, 7) is 7.00. The highest BCUT2D eigenvalue weighted by Gasteiger charge is 2.20. The Hall–Kier alpha value is -1.29. The van der Waals surface area contributed by atoms with Gasteiger partial charge in [0, 0.05) is 6.54 Å². The molecule has 0 fully saturated rings. The van der Waals surface area contributed by atoms with Crippen LogP contribution in [0.15, 0.2) is 18.2 Å². The van der Waals surface area contributed by atoms with Gasteiger partial charge in [-0.3, -0.25) is 0 Å². The molecule has 0 bridgehead atoms. The first-order valence-electron chi connectivity index (χ1n) is 5.73. The predicted molar refractivity (Wildman–Crippen MR) is 67.8 cm³/mol. The van der Waals surface area contributed by atoms with Crippen molar-refractivity contribution in [2.24, 2.45) is 0 Å². The second kappa shape index (κ2) is 5.70. The van der Waals surface area contributed by atoms with Gasteiger partial charge in [-0.2, -0.15) is 0 Å². The fourth-order valence-electron chi connectivity index (χ4n) is 1.33. The minimum Gasteiger partial charge on any atom is -0.394 e. The van der Waals surface area contributed by atoms with Crippen molar-refractivity contribution in [2.45, 2.75) is 32.7 Å². The van der Waals surface area contributed by atoms with Crippen molar-refractivity contribution in [3.63, 3.8) is 0 Å². The molecule has 0 spiro atoms. The van der Waals surface area contributed by atoms with Gasteiger partial charge in [-0.15, -0.1) is 0 Å². The topological polar surface area (TPSA) is 57.2 Å². The Morgan fingerprint density at radius 1 is 1.31 bits per heavy atom. The Morgan fingerprint density at radius 2 is 2.00 bits per heavy atom. The van der Waals surface area contributed by atoms with E-state index < -0.39 is 0 Å². The van der Waals surface area contributed by atoms with Crippen molar-refractivity contribution in [3.8, 4) is 0 Å². The predicted octanol–water partition coefficient (Wildman–Crippen LogP) is 2.09. The van der Waals surface area contributed by atoms with Gasteiger partial charge in [-0.05, 0) is 32.4 Å². The summed E-state index contributed by atoms with van der Waals surface area (Å²) in [7, 11) is 0. The maximum absolute atomic E-state index is 9.31. The first kappa shape index (κ1) is 12.8. The van der Waals surface area contributed by atoms with Crippen LogP contribution in [-0.4, -0.2) is 28.8 Å². The first-order valence-corrected chi connectivity index (χ1v) is 5.73. The van der Waals surface area contributed by atoms with Crippen molar-refractivity contribution in [3.05, 3.63) is 18.2 Å². The number of hydrogen-bond acceptors (Lipinski definition) is 4. The number of aliphatic hydroxyl groups excluding tert-OH is 1. The summed E-state index contributed by atoms with van der Waals surface area (Å²) < 4.78 is 0. The van der Waals surface area contributed by atoms with Gasteiger partial charge in [0.15, 0.2) is 0 Å². The quantitative estimate of drug-likeness (QED) is 0.691. The molecule has 0 aliphatic carbocycles. The first-order chi connectivity index (χ1) is 7.63. The molecule has 16 heavy (non-hydrogen) atoms. The Labute approximate surface area is 97.1 Å². The fraction of sp³-hybridized carbons (Fsp3) is 0.583. The molecule has 3 N–H and O–H groups in total. The zero-order valence-corrected chi connectivity index (χ0v) is 10.2. The molecule has 4 heteroatoms. The van der Waals surface area contributed by atoms with Crippen LogP contribution in [0.25, 0.3) is 0 Å². The molecule has 1 rings (SSSR count). The lowest BCUT2D eigenvalue weighted by Crippen LogP contribution is -2.38. The maximum atomic E-state index is 9.31. The molecule has 0 amide bonds. The summed E-state index contributed by atoms with van der Waals surface area (Å²) in [6.07, 6.45) is 0.844. The Bertz CT molecular complexity index is 324. The lowest BCUT2D eigenvalue weighted by Gasteiger charge is -2.27. The molecule has 1 aromatic rings. The summed E-state index contributed by atoms with van der Waals surface area (Å²) >= 11 is 0. The number of hydrogen-bond donors (Lipinski definition) is 3. The van der Waals surface area contributed by atoms with E-state index in [0.29, 0.717) is 0 Å². The summed E-state index contributed by atoms with van der Waals surface area (Å²) in [4.78, 5) is 4.41. The van der Waals surface area contributed by atoms with Crippen LogP contribution in [0.2, 0.25) is 0 Å². The number of anilines is 2. The van der Waals surface area contributed by atoms with Gasteiger partial charge >= 0.3 is 0 Å². The molecule has 1 heterocycles. The highest BCUT2D eigenvalue weighted by molar-refractivity contribution is 5.46.